The minimum absolute atomic E-state index is 0.102. The first-order valence-electron chi connectivity index (χ1n) is 4.21. The highest BCUT2D eigenvalue weighted by Crippen LogP contribution is 2.36. The summed E-state index contributed by atoms with van der Waals surface area (Å²) in [5, 5.41) is 0. The third kappa shape index (κ3) is 3.90. The van der Waals surface area contributed by atoms with Gasteiger partial charge in [0.15, 0.2) is 0 Å². The van der Waals surface area contributed by atoms with Crippen LogP contribution in [0.2, 0.25) is 0 Å². The second-order valence-electron chi connectivity index (χ2n) is 3.13. The SMILES string of the molecule is FC(F)(F)c1cc(/C=C\I)cc(C(F)(F)F)c1. The van der Waals surface area contributed by atoms with Crippen LogP contribution in [0.5, 0.6) is 0 Å². The molecule has 0 amide bonds. The van der Waals surface area contributed by atoms with Crippen molar-refractivity contribution in [1.82, 2.24) is 0 Å². The van der Waals surface area contributed by atoms with Gasteiger partial charge in [-0.3, -0.25) is 0 Å². The minimum atomic E-state index is -4.80. The highest BCUT2D eigenvalue weighted by atomic mass is 127. The molecule has 7 heteroatoms. The van der Waals surface area contributed by atoms with E-state index in [1.807, 2.05) is 0 Å². The summed E-state index contributed by atoms with van der Waals surface area (Å²) in [5.74, 6) is 0. The molecule has 0 aliphatic heterocycles. The monoisotopic (exact) mass is 366 g/mol. The highest BCUT2D eigenvalue weighted by molar-refractivity contribution is 14.1. The Labute approximate surface area is 106 Å². The van der Waals surface area contributed by atoms with Crippen molar-refractivity contribution < 1.29 is 26.3 Å². The molecule has 1 aromatic carbocycles. The average molecular weight is 366 g/mol. The van der Waals surface area contributed by atoms with Crippen molar-refractivity contribution in [3.05, 3.63) is 39.0 Å². The molecule has 0 unspecified atom stereocenters. The van der Waals surface area contributed by atoms with E-state index in [-0.39, 0.29) is 11.6 Å². The van der Waals surface area contributed by atoms with Crippen LogP contribution in [0, 0.1) is 0 Å². The summed E-state index contributed by atoms with van der Waals surface area (Å²) < 4.78 is 75.6. The van der Waals surface area contributed by atoms with E-state index in [0.29, 0.717) is 12.1 Å². The Balaban J connectivity index is 3.39. The molecule has 0 spiro atoms. The predicted octanol–water partition coefficient (Wildman–Crippen LogP) is 5.13. The van der Waals surface area contributed by atoms with Crippen molar-refractivity contribution in [3.8, 4) is 0 Å². The number of alkyl halides is 6. The van der Waals surface area contributed by atoms with Gasteiger partial charge in [0.1, 0.15) is 0 Å². The summed E-state index contributed by atoms with van der Waals surface area (Å²) in [4.78, 5) is 0. The second-order valence-corrected chi connectivity index (χ2v) is 3.85. The van der Waals surface area contributed by atoms with E-state index in [1.54, 1.807) is 22.6 Å². The van der Waals surface area contributed by atoms with Gasteiger partial charge in [-0.2, -0.15) is 26.3 Å². The molecule has 0 heterocycles. The Morgan fingerprint density at radius 1 is 0.824 bits per heavy atom. The predicted molar refractivity (Wildman–Crippen MR) is 59.5 cm³/mol. The van der Waals surface area contributed by atoms with Crippen LogP contribution in [-0.2, 0) is 12.4 Å². The van der Waals surface area contributed by atoms with Gasteiger partial charge >= 0.3 is 12.4 Å². The van der Waals surface area contributed by atoms with Crippen LogP contribution < -0.4 is 0 Å². The van der Waals surface area contributed by atoms with Gasteiger partial charge in [0.25, 0.3) is 0 Å². The fourth-order valence-electron chi connectivity index (χ4n) is 1.15. The second kappa shape index (κ2) is 4.87. The van der Waals surface area contributed by atoms with Crippen molar-refractivity contribution in [1.29, 1.82) is 0 Å². The van der Waals surface area contributed by atoms with Gasteiger partial charge < -0.3 is 0 Å². The van der Waals surface area contributed by atoms with Crippen molar-refractivity contribution in [2.45, 2.75) is 12.4 Å². The number of halogens is 7. The Hall–Kier alpha value is -0.730. The normalized spacial score (nSPS) is 13.4. The molecule has 0 saturated carbocycles. The lowest BCUT2D eigenvalue weighted by Gasteiger charge is -2.12. The molecule has 0 aromatic heterocycles. The molecule has 0 atom stereocenters. The number of hydrogen-bond acceptors (Lipinski definition) is 0. The summed E-state index contributed by atoms with van der Waals surface area (Å²) in [6.45, 7) is 0. The van der Waals surface area contributed by atoms with Gasteiger partial charge in [-0.1, -0.05) is 22.6 Å². The lowest BCUT2D eigenvalue weighted by atomic mass is 10.0. The third-order valence-corrected chi connectivity index (χ3v) is 2.23. The van der Waals surface area contributed by atoms with Crippen LogP contribution in [0.15, 0.2) is 22.3 Å². The van der Waals surface area contributed by atoms with Crippen LogP contribution >= 0.6 is 22.6 Å². The lowest BCUT2D eigenvalue weighted by molar-refractivity contribution is -0.143. The van der Waals surface area contributed by atoms with E-state index >= 15 is 0 Å². The lowest BCUT2D eigenvalue weighted by Crippen LogP contribution is -2.11. The minimum Gasteiger partial charge on any atom is -0.166 e. The molecule has 0 saturated heterocycles. The molecule has 1 aromatic rings. The fourth-order valence-corrected chi connectivity index (χ4v) is 1.56. The first-order valence-corrected chi connectivity index (χ1v) is 5.45. The first kappa shape index (κ1) is 14.3. The van der Waals surface area contributed by atoms with E-state index in [4.69, 9.17) is 0 Å². The molecule has 94 valence electrons. The van der Waals surface area contributed by atoms with E-state index in [9.17, 15) is 26.3 Å². The highest BCUT2D eigenvalue weighted by Gasteiger charge is 2.36. The van der Waals surface area contributed by atoms with Crippen molar-refractivity contribution in [3.63, 3.8) is 0 Å². The molecule has 0 fully saturated rings. The quantitative estimate of drug-likeness (QED) is 0.478. The Morgan fingerprint density at radius 3 is 1.53 bits per heavy atom. The molecule has 0 radical (unpaired) electrons. The standard InChI is InChI=1S/C10H5F6I/c11-9(12,13)7-3-6(1-2-17)4-8(5-7)10(14,15)16/h1-5H/b2-1-. The van der Waals surface area contributed by atoms with Crippen LogP contribution in [0.1, 0.15) is 16.7 Å². The van der Waals surface area contributed by atoms with E-state index in [1.165, 1.54) is 10.2 Å². The molecule has 17 heavy (non-hydrogen) atoms. The maximum atomic E-state index is 12.4. The van der Waals surface area contributed by atoms with E-state index in [0.717, 1.165) is 0 Å². The van der Waals surface area contributed by atoms with Gasteiger partial charge in [0, 0.05) is 0 Å². The van der Waals surface area contributed by atoms with Gasteiger partial charge in [0.05, 0.1) is 11.1 Å². The Kier molecular flexibility index (Phi) is 4.11. The summed E-state index contributed by atoms with van der Waals surface area (Å²) in [7, 11) is 0. The van der Waals surface area contributed by atoms with Gasteiger partial charge in [-0.15, -0.1) is 0 Å². The molecule has 0 N–H and O–H groups in total. The van der Waals surface area contributed by atoms with Crippen molar-refractivity contribution >= 4 is 28.7 Å². The van der Waals surface area contributed by atoms with Gasteiger partial charge in [-0.05, 0) is 33.9 Å². The largest absolute Gasteiger partial charge is 0.416 e. The third-order valence-electron chi connectivity index (χ3n) is 1.87. The molecular weight excluding hydrogens is 361 g/mol. The molecule has 1 rings (SSSR count). The Bertz CT molecular complexity index is 397. The molecular formula is C10H5F6I. The molecule has 0 aliphatic rings. The van der Waals surface area contributed by atoms with E-state index < -0.39 is 23.5 Å². The maximum absolute atomic E-state index is 12.4. The number of hydrogen-bond donors (Lipinski definition) is 0. The molecule has 0 nitrogen and oxygen atoms in total. The average Bonchev–Trinajstić information content (AvgIpc) is 2.15. The summed E-state index contributed by atoms with van der Waals surface area (Å²) >= 11 is 1.71. The van der Waals surface area contributed by atoms with Crippen molar-refractivity contribution in [2.75, 3.05) is 0 Å². The summed E-state index contributed by atoms with van der Waals surface area (Å²) in [5.41, 5.74) is -2.75. The zero-order valence-electron chi connectivity index (χ0n) is 8.03. The van der Waals surface area contributed by atoms with Crippen LogP contribution in [0.4, 0.5) is 26.3 Å². The van der Waals surface area contributed by atoms with Crippen LogP contribution in [0.25, 0.3) is 6.08 Å². The van der Waals surface area contributed by atoms with Crippen LogP contribution in [0.3, 0.4) is 0 Å². The van der Waals surface area contributed by atoms with Gasteiger partial charge in [-0.25, -0.2) is 0 Å². The zero-order valence-corrected chi connectivity index (χ0v) is 10.2. The molecule has 0 bridgehead atoms. The summed E-state index contributed by atoms with van der Waals surface area (Å²) in [6.07, 6.45) is -8.42. The zero-order chi connectivity index (χ0) is 13.3. The first-order chi connectivity index (χ1) is 7.64. The van der Waals surface area contributed by atoms with E-state index in [2.05, 4.69) is 0 Å². The maximum Gasteiger partial charge on any atom is 0.416 e. The topological polar surface area (TPSA) is 0 Å². The summed E-state index contributed by atoms with van der Waals surface area (Å²) in [6, 6.07) is 1.44. The fraction of sp³-hybridized carbons (Fsp3) is 0.200. The smallest absolute Gasteiger partial charge is 0.166 e. The van der Waals surface area contributed by atoms with Gasteiger partial charge in [0.2, 0.25) is 0 Å². The number of benzene rings is 1. The number of rotatable bonds is 1. The van der Waals surface area contributed by atoms with Crippen LogP contribution in [-0.4, -0.2) is 0 Å². The Morgan fingerprint density at radius 2 is 1.24 bits per heavy atom. The van der Waals surface area contributed by atoms with Crippen molar-refractivity contribution in [2.24, 2.45) is 0 Å². The molecule has 0 aliphatic carbocycles.